The number of aliphatic hydroxyl groups is 10. The molecule has 9 aliphatic rings. The van der Waals surface area contributed by atoms with Crippen LogP contribution in [0.5, 0.6) is 0 Å². The minimum Gasteiger partial charge on any atom is -0.394 e. The van der Waals surface area contributed by atoms with E-state index in [0.717, 1.165) is 0 Å². The molecule has 0 spiro atoms. The molecule has 14 N–H and O–H groups in total. The van der Waals surface area contributed by atoms with Gasteiger partial charge < -0.3 is 117 Å². The zero-order valence-electron chi connectivity index (χ0n) is 40.1. The van der Waals surface area contributed by atoms with Crippen LogP contribution in [0.3, 0.4) is 0 Å². The van der Waals surface area contributed by atoms with Gasteiger partial charge in [0.15, 0.2) is 43.8 Å². The number of ether oxygens (including phenoxy) is 14. The van der Waals surface area contributed by atoms with Crippen LogP contribution in [0.1, 0.15) is 0 Å². The minimum absolute atomic E-state index is 0.248. The summed E-state index contributed by atoms with van der Waals surface area (Å²) < 4.78 is 233. The molecule has 9 fully saturated rings. The Labute approximate surface area is 450 Å². The maximum Gasteiger partial charge on any atom is 0.397 e. The average molecular weight is 1260 g/mol. The molecule has 0 amide bonds. The van der Waals surface area contributed by atoms with Crippen LogP contribution in [0.4, 0.5) is 0 Å². The highest BCUT2D eigenvalue weighted by Crippen LogP contribution is 2.43. The predicted octanol–water partition coefficient (Wildman–Crippen LogP) is -11.7. The molecular formula is C36H56O40S4. The summed E-state index contributed by atoms with van der Waals surface area (Å²) in [6.45, 7) is -4.89. The summed E-state index contributed by atoms with van der Waals surface area (Å²) >= 11 is 0. The standard InChI is InChI=1S/C36H56O40S4/c37-1-7-21(73-77(47,48)49)26(14(41)31(46)62-7)70-33-16(43)25-19(11(66-33)5-60-25)68-34-18(45)28(23(9(3-39)63-34)75-79(53,54)55)72-36-30(76-80(56,57)58)29-20(12(67-36)6-61-29)69-35-17(44)27(22(8(2-38)64-35)74-78(50,51)52)71-32-15(42)24-13(40)10(65-32)4-59-24/h7-46H,1-6H2,(H,47,48,49)(H,50,51,52)(H,53,54,55)(H,56,57,58)/t7-,8-,9-,10-,11-,12-,13+,14-,15-,16-,17-,18-,19+,20+,21+,22+,23+,24+,25-,26-,27-,28-,29+,30-,31-,32-,33-,34+,35+,36-/m1/s1. The molecule has 0 aliphatic carbocycles. The Morgan fingerprint density at radius 1 is 0.325 bits per heavy atom. The monoisotopic (exact) mass is 1260 g/mol. The van der Waals surface area contributed by atoms with Crippen molar-refractivity contribution in [3.8, 4) is 0 Å². The van der Waals surface area contributed by atoms with Crippen molar-refractivity contribution in [1.82, 2.24) is 0 Å². The highest BCUT2D eigenvalue weighted by atomic mass is 32.3. The zero-order valence-corrected chi connectivity index (χ0v) is 43.3. The van der Waals surface area contributed by atoms with E-state index in [1.165, 1.54) is 0 Å². The number of hydrogen-bond acceptors (Lipinski definition) is 36. The zero-order chi connectivity index (χ0) is 58.3. The lowest BCUT2D eigenvalue weighted by Crippen LogP contribution is -2.67. The molecule has 30 atom stereocenters. The van der Waals surface area contributed by atoms with Crippen LogP contribution < -0.4 is 0 Å². The first-order valence-corrected chi connectivity index (χ1v) is 29.1. The van der Waals surface area contributed by atoms with Crippen molar-refractivity contribution in [3.05, 3.63) is 0 Å². The Morgan fingerprint density at radius 2 is 0.650 bits per heavy atom. The van der Waals surface area contributed by atoms with Crippen LogP contribution in [0, 0.1) is 0 Å². The van der Waals surface area contributed by atoms with E-state index in [0.29, 0.717) is 0 Å². The van der Waals surface area contributed by atoms with Gasteiger partial charge in [-0.3, -0.25) is 18.2 Å². The van der Waals surface area contributed by atoms with Crippen LogP contribution in [-0.4, -0.2) is 327 Å². The molecule has 464 valence electrons. The number of hydrogen-bond donors (Lipinski definition) is 14. The van der Waals surface area contributed by atoms with Crippen molar-refractivity contribution >= 4 is 41.6 Å². The lowest BCUT2D eigenvalue weighted by molar-refractivity contribution is -0.377. The van der Waals surface area contributed by atoms with Crippen molar-refractivity contribution in [1.29, 1.82) is 0 Å². The normalized spacial score (nSPS) is 49.0. The van der Waals surface area contributed by atoms with E-state index >= 15 is 0 Å². The molecular weight excluding hydrogens is 1200 g/mol. The third kappa shape index (κ3) is 13.5. The Balaban J connectivity index is 0.939. The van der Waals surface area contributed by atoms with Gasteiger partial charge >= 0.3 is 41.6 Å². The number of fused-ring (bicyclic) bond motifs is 6. The first-order chi connectivity index (χ1) is 37.4. The van der Waals surface area contributed by atoms with E-state index in [-0.39, 0.29) is 6.61 Å². The van der Waals surface area contributed by atoms with Crippen molar-refractivity contribution in [2.24, 2.45) is 0 Å². The SMILES string of the molecule is O=S(=O)(O)O[C@@H]1[C@H](O[C@H]2O[C@@H]3CO[C@H]([C@H]2O)[C@H]3O[C@@H]2O[C@H](CO)[C@H](OS(=O)(=O)O)[C@H](O[C@H]3O[C@@H]4CO[C@@H]([C@H]4O[C@@H]4O[C@H](CO)[C@H](OS(=O)(=O)O)[C@H](O[C@H]5O[C@@H]6CO[C@@H]([C@H]6O)[C@H]5O)[C@H]4O)[C@H]3OS(=O)(=O)O)[C@H]2O)[C@@H](O)[C@H](O)O[C@@H]1CO. The van der Waals surface area contributed by atoms with Crippen molar-refractivity contribution in [2.75, 3.05) is 39.6 Å². The molecule has 6 bridgehead atoms. The lowest BCUT2D eigenvalue weighted by Gasteiger charge is -2.48. The van der Waals surface area contributed by atoms with Crippen LogP contribution >= 0.6 is 0 Å². The summed E-state index contributed by atoms with van der Waals surface area (Å²) in [5, 5.41) is 108. The summed E-state index contributed by atoms with van der Waals surface area (Å²) in [4.78, 5) is 0. The van der Waals surface area contributed by atoms with Gasteiger partial charge in [-0.15, -0.1) is 0 Å². The molecule has 9 saturated heterocycles. The van der Waals surface area contributed by atoms with Crippen LogP contribution in [0.15, 0.2) is 0 Å². The van der Waals surface area contributed by atoms with E-state index < -0.39 is 259 Å². The van der Waals surface area contributed by atoms with Gasteiger partial charge in [-0.05, 0) is 0 Å². The topological polar surface area (TPSA) is 586 Å². The highest BCUT2D eigenvalue weighted by Gasteiger charge is 2.63. The molecule has 9 heterocycles. The molecule has 80 heavy (non-hydrogen) atoms. The third-order valence-corrected chi connectivity index (χ3v) is 15.9. The van der Waals surface area contributed by atoms with Gasteiger partial charge in [0.25, 0.3) is 0 Å². The Kier molecular flexibility index (Phi) is 19.2. The maximum absolute atomic E-state index is 12.5. The first kappa shape index (κ1) is 63.0. The number of aliphatic hydroxyl groups excluding tert-OH is 10. The summed E-state index contributed by atoms with van der Waals surface area (Å²) in [5.41, 5.74) is 0. The molecule has 0 unspecified atom stereocenters. The van der Waals surface area contributed by atoms with Crippen LogP contribution in [-0.2, 0) is 125 Å². The van der Waals surface area contributed by atoms with Crippen molar-refractivity contribution in [3.63, 3.8) is 0 Å². The van der Waals surface area contributed by atoms with E-state index in [2.05, 4.69) is 8.37 Å². The van der Waals surface area contributed by atoms with E-state index in [4.69, 9.17) is 74.7 Å². The quantitative estimate of drug-likeness (QED) is 0.0475. The Bertz CT molecular complexity index is 2580. The predicted molar refractivity (Wildman–Crippen MR) is 231 cm³/mol. The summed E-state index contributed by atoms with van der Waals surface area (Å²) in [6.07, 6.45) is -58.3. The average Bonchev–Trinajstić information content (AvgIpc) is 3.94. The van der Waals surface area contributed by atoms with Gasteiger partial charge in [-0.1, -0.05) is 0 Å². The molecule has 0 aromatic rings. The fourth-order valence-electron chi connectivity index (χ4n) is 10.6. The fourth-order valence-corrected chi connectivity index (χ4v) is 12.6. The second-order valence-corrected chi connectivity index (χ2v) is 23.3. The Hall–Kier alpha value is -1.48. The smallest absolute Gasteiger partial charge is 0.394 e. The second-order valence-electron chi connectivity index (χ2n) is 19.1. The van der Waals surface area contributed by atoms with E-state index in [9.17, 15) is 103 Å². The Morgan fingerprint density at radius 3 is 1.11 bits per heavy atom. The molecule has 0 radical (unpaired) electrons. The largest absolute Gasteiger partial charge is 0.397 e. The fraction of sp³-hybridized carbons (Fsp3) is 1.00. The van der Waals surface area contributed by atoms with Gasteiger partial charge in [0.05, 0.1) is 39.6 Å². The molecule has 9 rings (SSSR count). The molecule has 9 aliphatic heterocycles. The van der Waals surface area contributed by atoms with Crippen molar-refractivity contribution < 1.29 is 186 Å². The number of rotatable bonds is 21. The molecule has 0 aromatic carbocycles. The summed E-state index contributed by atoms with van der Waals surface area (Å²) in [7, 11) is -22.1. The highest BCUT2D eigenvalue weighted by molar-refractivity contribution is 7.81. The van der Waals surface area contributed by atoms with Gasteiger partial charge in [0, 0.05) is 0 Å². The minimum atomic E-state index is -5.67. The van der Waals surface area contributed by atoms with Crippen LogP contribution in [0.25, 0.3) is 0 Å². The van der Waals surface area contributed by atoms with Crippen LogP contribution in [0.2, 0.25) is 0 Å². The van der Waals surface area contributed by atoms with Gasteiger partial charge in [0.1, 0.15) is 140 Å². The first-order valence-electron chi connectivity index (χ1n) is 23.6. The van der Waals surface area contributed by atoms with Crippen molar-refractivity contribution in [2.45, 2.75) is 184 Å². The molecule has 44 heteroatoms. The van der Waals surface area contributed by atoms with Gasteiger partial charge in [-0.25, -0.2) is 16.7 Å². The second kappa shape index (κ2) is 24.4. The van der Waals surface area contributed by atoms with Gasteiger partial charge in [-0.2, -0.15) is 33.7 Å². The van der Waals surface area contributed by atoms with E-state index in [1.807, 2.05) is 0 Å². The molecule has 0 saturated carbocycles. The maximum atomic E-state index is 12.5. The third-order valence-electron chi connectivity index (χ3n) is 14.0. The molecule has 40 nitrogen and oxygen atoms in total. The lowest BCUT2D eigenvalue weighted by atomic mass is 9.96. The van der Waals surface area contributed by atoms with Gasteiger partial charge in [0.2, 0.25) is 0 Å². The molecule has 0 aromatic heterocycles. The summed E-state index contributed by atoms with van der Waals surface area (Å²) in [5.74, 6) is 0. The van der Waals surface area contributed by atoms with E-state index in [1.54, 1.807) is 0 Å². The summed E-state index contributed by atoms with van der Waals surface area (Å²) in [6, 6.07) is 0.